The lowest BCUT2D eigenvalue weighted by atomic mass is 10.5. The molecule has 0 radical (unpaired) electrons. The van der Waals surface area contributed by atoms with E-state index in [9.17, 15) is 0 Å². The van der Waals surface area contributed by atoms with E-state index in [1.54, 1.807) is 0 Å². The van der Waals surface area contributed by atoms with Gasteiger partial charge < -0.3 is 48.0 Å². The second-order valence-corrected chi connectivity index (χ2v) is 2.26. The van der Waals surface area contributed by atoms with Crippen LogP contribution >= 0.6 is 0 Å². The largest absolute Gasteiger partial charge is 1.00 e. The molecule has 0 aromatic heterocycles. The number of rotatable bonds is 0. The molecule has 1 rings (SSSR count). The molecule has 0 spiro atoms. The molecule has 0 bridgehead atoms. The van der Waals surface area contributed by atoms with Crippen molar-refractivity contribution in [3.8, 4) is 0 Å². The van der Waals surface area contributed by atoms with Gasteiger partial charge in [0.2, 0.25) is 12.4 Å². The number of nitrogens with zero attached hydrogens (tertiary/aromatic N) is 2. The van der Waals surface area contributed by atoms with E-state index in [1.807, 2.05) is 0 Å². The highest BCUT2D eigenvalue weighted by Gasteiger charge is 2.23. The van der Waals surface area contributed by atoms with Crippen LogP contribution in [0.4, 0.5) is 0 Å². The van der Waals surface area contributed by atoms with Crippen LogP contribution in [0.3, 0.4) is 0 Å². The summed E-state index contributed by atoms with van der Waals surface area (Å²) in [7, 11) is 4.15. The van der Waals surface area contributed by atoms with Crippen molar-refractivity contribution in [2.45, 2.75) is 13.1 Å². The van der Waals surface area contributed by atoms with Crippen LogP contribution in [0.1, 0.15) is 6.92 Å². The lowest BCUT2D eigenvalue weighted by Gasteiger charge is -1.94. The second kappa shape index (κ2) is 5.45. The Morgan fingerprint density at radius 2 is 1.30 bits per heavy atom. The summed E-state index contributed by atoms with van der Waals surface area (Å²) in [6.45, 7) is 2.17. The first-order valence-corrected chi connectivity index (χ1v) is 2.84. The predicted octanol–water partition coefficient (Wildman–Crippen LogP) is -6.22. The molecule has 60 valence electrons. The number of hydrogen-bond donors (Lipinski definition) is 0. The van der Waals surface area contributed by atoms with Crippen LogP contribution in [0.15, 0.2) is 0 Å². The maximum Gasteiger partial charge on any atom is 0.339 e. The standard InChI is InChI=1S/C6H12N2.2HI/c1-6-7(2)4-5-8(6)3;;/h4-6H,1-3H3;2*1H/q+2;;/p-2. The lowest BCUT2D eigenvalue weighted by Crippen LogP contribution is -3.00. The smallest absolute Gasteiger partial charge is 0.339 e. The molecule has 1 aliphatic rings. The van der Waals surface area contributed by atoms with E-state index in [0.29, 0.717) is 6.17 Å². The van der Waals surface area contributed by atoms with Crippen molar-refractivity contribution in [2.24, 2.45) is 0 Å². The van der Waals surface area contributed by atoms with Crippen molar-refractivity contribution in [2.75, 3.05) is 14.1 Å². The molecule has 0 fully saturated rings. The molecule has 0 unspecified atom stereocenters. The Labute approximate surface area is 96.1 Å². The zero-order valence-corrected chi connectivity index (χ0v) is 10.7. The van der Waals surface area contributed by atoms with Crippen molar-refractivity contribution in [3.05, 3.63) is 0 Å². The minimum Gasteiger partial charge on any atom is -1.00 e. The zero-order chi connectivity index (χ0) is 6.15. The highest BCUT2D eigenvalue weighted by molar-refractivity contribution is 6.11. The van der Waals surface area contributed by atoms with E-state index < -0.39 is 0 Å². The predicted molar refractivity (Wildman–Crippen MR) is 34.0 cm³/mol. The van der Waals surface area contributed by atoms with Crippen LogP contribution in [0.5, 0.6) is 0 Å². The zero-order valence-electron chi connectivity index (χ0n) is 6.38. The van der Waals surface area contributed by atoms with E-state index in [1.165, 1.54) is 0 Å². The molecule has 10 heavy (non-hydrogen) atoms. The highest BCUT2D eigenvalue weighted by Crippen LogP contribution is 1.89. The van der Waals surface area contributed by atoms with Crippen molar-refractivity contribution < 1.29 is 57.1 Å². The summed E-state index contributed by atoms with van der Waals surface area (Å²) in [5.41, 5.74) is 0. The van der Waals surface area contributed by atoms with E-state index in [2.05, 4.69) is 42.6 Å². The SMILES string of the molecule is CC1[N+](C)=CC=[N+]1C.[I-].[I-]. The summed E-state index contributed by atoms with van der Waals surface area (Å²) in [4.78, 5) is 0. The van der Waals surface area contributed by atoms with Gasteiger partial charge in [-0.1, -0.05) is 0 Å². The van der Waals surface area contributed by atoms with Gasteiger partial charge in [0.25, 0.3) is 0 Å². The molecule has 2 nitrogen and oxygen atoms in total. The van der Waals surface area contributed by atoms with Gasteiger partial charge in [-0.3, -0.25) is 0 Å². The van der Waals surface area contributed by atoms with Crippen molar-refractivity contribution in [1.82, 2.24) is 0 Å². The molecule has 0 atom stereocenters. The summed E-state index contributed by atoms with van der Waals surface area (Å²) in [5, 5.41) is 0. The Bertz CT molecular complexity index is 145. The Hall–Kier alpha value is 0.800. The monoisotopic (exact) mass is 366 g/mol. The molecule has 0 amide bonds. The minimum absolute atomic E-state index is 0. The maximum atomic E-state index is 2.17. The van der Waals surface area contributed by atoms with Gasteiger partial charge in [0.15, 0.2) is 0 Å². The van der Waals surface area contributed by atoms with Gasteiger partial charge in [-0.15, -0.1) is 0 Å². The van der Waals surface area contributed by atoms with Crippen LogP contribution in [0, 0.1) is 0 Å². The fraction of sp³-hybridized carbons (Fsp3) is 0.667. The lowest BCUT2D eigenvalue weighted by molar-refractivity contribution is -0.733. The first kappa shape index (κ1) is 13.4. The third-order valence-electron chi connectivity index (χ3n) is 1.72. The Kier molecular flexibility index (Phi) is 7.30. The average Bonchev–Trinajstić information content (AvgIpc) is 1.98. The van der Waals surface area contributed by atoms with Gasteiger partial charge in [0.05, 0.1) is 6.92 Å². The van der Waals surface area contributed by atoms with Crippen LogP contribution in [0.25, 0.3) is 0 Å². The number of hydrogen-bond acceptors (Lipinski definition) is 0. The Morgan fingerprint density at radius 1 is 1.00 bits per heavy atom. The van der Waals surface area contributed by atoms with Crippen LogP contribution in [0.2, 0.25) is 0 Å². The fourth-order valence-corrected chi connectivity index (χ4v) is 0.747. The van der Waals surface area contributed by atoms with E-state index >= 15 is 0 Å². The van der Waals surface area contributed by atoms with Gasteiger partial charge >= 0.3 is 6.17 Å². The molecule has 0 aromatic carbocycles. The third-order valence-corrected chi connectivity index (χ3v) is 1.72. The molecule has 0 saturated carbocycles. The van der Waals surface area contributed by atoms with Crippen molar-refractivity contribution in [1.29, 1.82) is 0 Å². The summed E-state index contributed by atoms with van der Waals surface area (Å²) in [6, 6.07) is 0. The topological polar surface area (TPSA) is 6.02 Å². The van der Waals surface area contributed by atoms with Crippen molar-refractivity contribution in [3.63, 3.8) is 0 Å². The van der Waals surface area contributed by atoms with Gasteiger partial charge in [0, 0.05) is 0 Å². The normalized spacial score (nSPS) is 16.7. The van der Waals surface area contributed by atoms with E-state index in [4.69, 9.17) is 0 Å². The van der Waals surface area contributed by atoms with Gasteiger partial charge in [0.1, 0.15) is 14.1 Å². The van der Waals surface area contributed by atoms with Gasteiger partial charge in [-0.2, -0.15) is 9.15 Å². The molecule has 1 heterocycles. The second-order valence-electron chi connectivity index (χ2n) is 2.26. The first-order chi connectivity index (χ1) is 3.72. The van der Waals surface area contributed by atoms with Crippen LogP contribution in [-0.4, -0.2) is 41.8 Å². The number of halogens is 2. The van der Waals surface area contributed by atoms with Crippen LogP contribution < -0.4 is 48.0 Å². The first-order valence-electron chi connectivity index (χ1n) is 2.84. The summed E-state index contributed by atoms with van der Waals surface area (Å²) < 4.78 is 4.33. The average molecular weight is 366 g/mol. The molecule has 0 saturated heterocycles. The van der Waals surface area contributed by atoms with Gasteiger partial charge in [-0.05, 0) is 0 Å². The van der Waals surface area contributed by atoms with Crippen molar-refractivity contribution >= 4 is 12.4 Å². The Morgan fingerprint density at radius 3 is 1.40 bits per heavy atom. The molecule has 0 N–H and O–H groups in total. The quantitative estimate of drug-likeness (QED) is 0.298. The van der Waals surface area contributed by atoms with Crippen LogP contribution in [-0.2, 0) is 0 Å². The maximum absolute atomic E-state index is 2.17. The fourth-order valence-electron chi connectivity index (χ4n) is 0.747. The van der Waals surface area contributed by atoms with Gasteiger partial charge in [-0.25, -0.2) is 0 Å². The summed E-state index contributed by atoms with van der Waals surface area (Å²) in [5.74, 6) is 0. The molecule has 4 heteroatoms. The minimum atomic E-state index is 0. The molecule has 0 aromatic rings. The summed E-state index contributed by atoms with van der Waals surface area (Å²) >= 11 is 0. The molecule has 1 aliphatic heterocycles. The molecular weight excluding hydrogens is 354 g/mol. The third kappa shape index (κ3) is 2.81. The summed E-state index contributed by atoms with van der Waals surface area (Å²) in [6.07, 6.45) is 4.69. The van der Waals surface area contributed by atoms with E-state index in [-0.39, 0.29) is 48.0 Å². The Balaban J connectivity index is 0. The highest BCUT2D eigenvalue weighted by atomic mass is 127. The molecule has 0 aliphatic carbocycles. The van der Waals surface area contributed by atoms with E-state index in [0.717, 1.165) is 0 Å². The molecular formula is C6H12I2N2.